The second-order valence-electron chi connectivity index (χ2n) is 6.98. The Bertz CT molecular complexity index is 734. The number of nitrogens with zero attached hydrogens (tertiary/aromatic N) is 1. The molecular weight excluding hydrogens is 376 g/mol. The Morgan fingerprint density at radius 3 is 2.44 bits per heavy atom. The fourth-order valence-corrected chi connectivity index (χ4v) is 3.65. The zero-order valence-corrected chi connectivity index (χ0v) is 16.5. The predicted octanol–water partition coefficient (Wildman–Crippen LogP) is 4.92. The third kappa shape index (κ3) is 4.93. The molecule has 2 aromatic carbocycles. The van der Waals surface area contributed by atoms with Crippen LogP contribution in [0.1, 0.15) is 29.5 Å². The molecule has 0 radical (unpaired) electrons. The van der Waals surface area contributed by atoms with Crippen LogP contribution < -0.4 is 5.32 Å². The SMILES string of the molecule is Cc1ccc(NC(=O)C2CCN(Cc3ccc(Br)cc3)CC2)c(C)c1. The second-order valence-corrected chi connectivity index (χ2v) is 7.90. The van der Waals surface area contributed by atoms with Gasteiger partial charge >= 0.3 is 0 Å². The van der Waals surface area contributed by atoms with E-state index >= 15 is 0 Å². The molecule has 1 heterocycles. The van der Waals surface area contributed by atoms with E-state index in [2.05, 4.69) is 63.4 Å². The lowest BCUT2D eigenvalue weighted by molar-refractivity contribution is -0.121. The summed E-state index contributed by atoms with van der Waals surface area (Å²) in [6.07, 6.45) is 1.85. The van der Waals surface area contributed by atoms with Gasteiger partial charge in [0, 0.05) is 22.6 Å². The van der Waals surface area contributed by atoms with Gasteiger partial charge < -0.3 is 5.32 Å². The number of carbonyl (C=O) groups is 1. The molecule has 0 aromatic heterocycles. The highest BCUT2D eigenvalue weighted by Crippen LogP contribution is 2.23. The van der Waals surface area contributed by atoms with Crippen molar-refractivity contribution >= 4 is 27.5 Å². The van der Waals surface area contributed by atoms with E-state index in [1.807, 2.05) is 19.1 Å². The van der Waals surface area contributed by atoms with Crippen molar-refractivity contribution < 1.29 is 4.79 Å². The molecule has 3 rings (SSSR count). The molecule has 1 aliphatic heterocycles. The van der Waals surface area contributed by atoms with E-state index in [9.17, 15) is 4.79 Å². The highest BCUT2D eigenvalue weighted by atomic mass is 79.9. The van der Waals surface area contributed by atoms with Crippen LogP contribution in [0.4, 0.5) is 5.69 Å². The van der Waals surface area contributed by atoms with E-state index in [-0.39, 0.29) is 11.8 Å². The quantitative estimate of drug-likeness (QED) is 0.789. The number of benzene rings is 2. The minimum Gasteiger partial charge on any atom is -0.326 e. The number of rotatable bonds is 4. The number of hydrogen-bond acceptors (Lipinski definition) is 2. The summed E-state index contributed by atoms with van der Waals surface area (Å²) in [7, 11) is 0. The van der Waals surface area contributed by atoms with Crippen LogP contribution in [-0.2, 0) is 11.3 Å². The number of hydrogen-bond donors (Lipinski definition) is 1. The summed E-state index contributed by atoms with van der Waals surface area (Å²) in [5.41, 5.74) is 4.60. The molecule has 3 nitrogen and oxygen atoms in total. The molecule has 0 spiro atoms. The van der Waals surface area contributed by atoms with Gasteiger partial charge in [-0.05, 0) is 69.1 Å². The molecule has 0 saturated carbocycles. The number of piperidine rings is 1. The van der Waals surface area contributed by atoms with Crippen molar-refractivity contribution in [2.24, 2.45) is 5.92 Å². The van der Waals surface area contributed by atoms with Crippen molar-refractivity contribution in [3.05, 3.63) is 63.6 Å². The Balaban J connectivity index is 1.51. The van der Waals surface area contributed by atoms with Gasteiger partial charge in [0.25, 0.3) is 0 Å². The van der Waals surface area contributed by atoms with Crippen LogP contribution in [0.25, 0.3) is 0 Å². The van der Waals surface area contributed by atoms with Gasteiger partial charge in [-0.3, -0.25) is 9.69 Å². The molecule has 1 N–H and O–H groups in total. The van der Waals surface area contributed by atoms with E-state index in [0.717, 1.165) is 48.2 Å². The third-order valence-electron chi connectivity index (χ3n) is 4.92. The Hall–Kier alpha value is -1.65. The topological polar surface area (TPSA) is 32.3 Å². The number of halogens is 1. The molecule has 1 saturated heterocycles. The van der Waals surface area contributed by atoms with Crippen LogP contribution in [0.3, 0.4) is 0 Å². The average Bonchev–Trinajstić information content (AvgIpc) is 2.60. The Labute approximate surface area is 158 Å². The van der Waals surface area contributed by atoms with Crippen LogP contribution in [0.2, 0.25) is 0 Å². The first kappa shape index (κ1) is 18.2. The first-order chi connectivity index (χ1) is 12.0. The molecule has 132 valence electrons. The first-order valence-corrected chi connectivity index (χ1v) is 9.65. The van der Waals surface area contributed by atoms with Gasteiger partial charge in [0.2, 0.25) is 5.91 Å². The molecule has 2 aromatic rings. The van der Waals surface area contributed by atoms with Crippen molar-refractivity contribution in [1.29, 1.82) is 0 Å². The van der Waals surface area contributed by atoms with E-state index in [1.54, 1.807) is 0 Å². The summed E-state index contributed by atoms with van der Waals surface area (Å²) in [5.74, 6) is 0.275. The van der Waals surface area contributed by atoms with Crippen LogP contribution in [0, 0.1) is 19.8 Å². The number of amides is 1. The minimum absolute atomic E-state index is 0.113. The normalized spacial score (nSPS) is 16.0. The van der Waals surface area contributed by atoms with E-state index in [1.165, 1.54) is 11.1 Å². The fraction of sp³-hybridized carbons (Fsp3) is 0.381. The second kappa shape index (κ2) is 8.15. The maximum atomic E-state index is 12.6. The molecule has 0 unspecified atom stereocenters. The number of anilines is 1. The monoisotopic (exact) mass is 400 g/mol. The number of aryl methyl sites for hydroxylation is 2. The molecule has 4 heteroatoms. The van der Waals surface area contributed by atoms with Gasteiger partial charge in [0.15, 0.2) is 0 Å². The molecule has 0 bridgehead atoms. The highest BCUT2D eigenvalue weighted by Gasteiger charge is 2.25. The van der Waals surface area contributed by atoms with Crippen LogP contribution in [0.5, 0.6) is 0 Å². The van der Waals surface area contributed by atoms with Crippen molar-refractivity contribution in [2.45, 2.75) is 33.2 Å². The van der Waals surface area contributed by atoms with Crippen molar-refractivity contribution in [1.82, 2.24) is 4.90 Å². The standard InChI is InChI=1S/C21H25BrN2O/c1-15-3-8-20(16(2)13-15)23-21(25)18-9-11-24(12-10-18)14-17-4-6-19(22)7-5-17/h3-8,13,18H,9-12,14H2,1-2H3,(H,23,25). The van der Waals surface area contributed by atoms with Gasteiger partial charge in [0.05, 0.1) is 0 Å². The average molecular weight is 401 g/mol. The number of likely N-dealkylation sites (tertiary alicyclic amines) is 1. The largest absolute Gasteiger partial charge is 0.326 e. The smallest absolute Gasteiger partial charge is 0.227 e. The van der Waals surface area contributed by atoms with Gasteiger partial charge in [-0.2, -0.15) is 0 Å². The minimum atomic E-state index is 0.113. The summed E-state index contributed by atoms with van der Waals surface area (Å²) >= 11 is 3.47. The number of nitrogens with one attached hydrogen (secondary N) is 1. The Kier molecular flexibility index (Phi) is 5.92. The lowest BCUT2D eigenvalue weighted by atomic mass is 9.95. The van der Waals surface area contributed by atoms with Gasteiger partial charge in [-0.15, -0.1) is 0 Å². The Morgan fingerprint density at radius 1 is 1.12 bits per heavy atom. The summed E-state index contributed by atoms with van der Waals surface area (Å²) in [6, 6.07) is 14.6. The summed E-state index contributed by atoms with van der Waals surface area (Å²) < 4.78 is 1.11. The molecule has 1 amide bonds. The Morgan fingerprint density at radius 2 is 1.80 bits per heavy atom. The van der Waals surface area contributed by atoms with E-state index in [4.69, 9.17) is 0 Å². The number of carbonyl (C=O) groups excluding carboxylic acids is 1. The van der Waals surface area contributed by atoms with E-state index in [0.29, 0.717) is 0 Å². The lowest BCUT2D eigenvalue weighted by Crippen LogP contribution is -2.37. The summed E-state index contributed by atoms with van der Waals surface area (Å²) in [6.45, 7) is 7.02. The molecule has 1 fully saturated rings. The van der Waals surface area contributed by atoms with Crippen molar-refractivity contribution in [2.75, 3.05) is 18.4 Å². The molecule has 0 atom stereocenters. The zero-order chi connectivity index (χ0) is 17.8. The zero-order valence-electron chi connectivity index (χ0n) is 14.9. The fourth-order valence-electron chi connectivity index (χ4n) is 3.39. The van der Waals surface area contributed by atoms with Crippen molar-refractivity contribution in [3.63, 3.8) is 0 Å². The highest BCUT2D eigenvalue weighted by molar-refractivity contribution is 9.10. The van der Waals surface area contributed by atoms with Crippen LogP contribution >= 0.6 is 15.9 Å². The van der Waals surface area contributed by atoms with E-state index < -0.39 is 0 Å². The van der Waals surface area contributed by atoms with Gasteiger partial charge in [-0.25, -0.2) is 0 Å². The molecule has 1 aliphatic rings. The maximum Gasteiger partial charge on any atom is 0.227 e. The van der Waals surface area contributed by atoms with Crippen LogP contribution in [0.15, 0.2) is 46.9 Å². The molecule has 25 heavy (non-hydrogen) atoms. The predicted molar refractivity (Wildman–Crippen MR) is 107 cm³/mol. The first-order valence-electron chi connectivity index (χ1n) is 8.86. The van der Waals surface area contributed by atoms with Crippen LogP contribution in [-0.4, -0.2) is 23.9 Å². The maximum absolute atomic E-state index is 12.6. The summed E-state index contributed by atoms with van der Waals surface area (Å²) in [4.78, 5) is 15.0. The summed E-state index contributed by atoms with van der Waals surface area (Å²) in [5, 5.41) is 3.12. The molecule has 0 aliphatic carbocycles. The molecular formula is C21H25BrN2O. The lowest BCUT2D eigenvalue weighted by Gasteiger charge is -2.31. The van der Waals surface area contributed by atoms with Crippen molar-refractivity contribution in [3.8, 4) is 0 Å². The van der Waals surface area contributed by atoms with Gasteiger partial charge in [-0.1, -0.05) is 45.8 Å². The third-order valence-corrected chi connectivity index (χ3v) is 5.45. The van der Waals surface area contributed by atoms with Gasteiger partial charge in [0.1, 0.15) is 0 Å².